The van der Waals surface area contributed by atoms with Gasteiger partial charge in [0.05, 0.1) is 33.0 Å². The first kappa shape index (κ1) is 32.3. The molecule has 36 heavy (non-hydrogen) atoms. The lowest BCUT2D eigenvalue weighted by molar-refractivity contribution is -0.121. The zero-order valence-corrected chi connectivity index (χ0v) is 22.6. The molecule has 1 atom stereocenters. The molecular formula is C27H49N3O6. The Balaban J connectivity index is 0.00000205. The van der Waals surface area contributed by atoms with E-state index in [1.54, 1.807) is 14.0 Å². The molecule has 0 radical (unpaired) electrons. The standard InChI is InChI=1S/C25H43N3O5.C2H6O/c1-3-22-9-8-21(18-24(22)33-15-5-14-30-2)19-32-20-23(26)6-4-7-25(29)27-10-11-28-12-16-31-17-13-28;1-2-3/h8-9,18,23H,3-7,10-17,19-20,26H2,1-2H3,(H,27,29);3H,2H2,1H3. The first-order valence-electron chi connectivity index (χ1n) is 13.3. The molecule has 0 spiro atoms. The molecule has 1 amide bonds. The lowest BCUT2D eigenvalue weighted by Crippen LogP contribution is -2.41. The average Bonchev–Trinajstić information content (AvgIpc) is 2.88. The fourth-order valence-corrected chi connectivity index (χ4v) is 3.70. The van der Waals surface area contributed by atoms with Gasteiger partial charge in [0.1, 0.15) is 5.75 Å². The van der Waals surface area contributed by atoms with Crippen LogP contribution < -0.4 is 15.8 Å². The van der Waals surface area contributed by atoms with E-state index < -0.39 is 0 Å². The van der Waals surface area contributed by atoms with Gasteiger partial charge in [-0.05, 0) is 43.4 Å². The van der Waals surface area contributed by atoms with Gasteiger partial charge >= 0.3 is 0 Å². The second-order valence-corrected chi connectivity index (χ2v) is 8.78. The van der Waals surface area contributed by atoms with E-state index >= 15 is 0 Å². The number of hydrogen-bond acceptors (Lipinski definition) is 8. The van der Waals surface area contributed by atoms with Crippen molar-refractivity contribution in [3.8, 4) is 5.75 Å². The van der Waals surface area contributed by atoms with Gasteiger partial charge < -0.3 is 35.1 Å². The average molecular weight is 512 g/mol. The van der Waals surface area contributed by atoms with Crippen LogP contribution in [0.25, 0.3) is 0 Å². The molecule has 1 unspecified atom stereocenters. The van der Waals surface area contributed by atoms with Gasteiger partial charge in [-0.3, -0.25) is 9.69 Å². The summed E-state index contributed by atoms with van der Waals surface area (Å²) in [6, 6.07) is 6.15. The molecule has 9 heteroatoms. The third kappa shape index (κ3) is 15.4. The van der Waals surface area contributed by atoms with Crippen molar-refractivity contribution in [2.24, 2.45) is 5.73 Å². The molecule has 1 aliphatic rings. The first-order chi connectivity index (χ1) is 17.5. The summed E-state index contributed by atoms with van der Waals surface area (Å²) in [7, 11) is 1.70. The molecule has 0 bridgehead atoms. The van der Waals surface area contributed by atoms with Gasteiger partial charge in [-0.25, -0.2) is 0 Å². The normalized spacial score (nSPS) is 14.6. The van der Waals surface area contributed by atoms with Crippen LogP contribution in [-0.4, -0.2) is 94.9 Å². The van der Waals surface area contributed by atoms with Crippen molar-refractivity contribution in [1.82, 2.24) is 10.2 Å². The number of carbonyl (C=O) groups excluding carboxylic acids is 1. The summed E-state index contributed by atoms with van der Waals surface area (Å²) in [4.78, 5) is 14.3. The third-order valence-corrected chi connectivity index (χ3v) is 5.70. The van der Waals surface area contributed by atoms with Crippen molar-refractivity contribution in [1.29, 1.82) is 0 Å². The second kappa shape index (κ2) is 21.3. The van der Waals surface area contributed by atoms with Gasteiger partial charge in [0.25, 0.3) is 0 Å². The van der Waals surface area contributed by atoms with Crippen LogP contribution in [0.4, 0.5) is 0 Å². The molecule has 1 saturated heterocycles. The number of rotatable bonds is 17. The molecule has 208 valence electrons. The van der Waals surface area contributed by atoms with Crippen LogP contribution in [0.1, 0.15) is 50.7 Å². The number of methoxy groups -OCH3 is 1. The van der Waals surface area contributed by atoms with Crippen LogP contribution in [0.3, 0.4) is 0 Å². The van der Waals surface area contributed by atoms with Crippen LogP contribution in [0.5, 0.6) is 5.75 Å². The van der Waals surface area contributed by atoms with E-state index in [0.717, 1.165) is 69.8 Å². The summed E-state index contributed by atoms with van der Waals surface area (Å²) in [6.07, 6.45) is 3.81. The van der Waals surface area contributed by atoms with Crippen LogP contribution in [0, 0.1) is 0 Å². The summed E-state index contributed by atoms with van der Waals surface area (Å²) >= 11 is 0. The summed E-state index contributed by atoms with van der Waals surface area (Å²) in [5.41, 5.74) is 8.44. The highest BCUT2D eigenvalue weighted by Crippen LogP contribution is 2.22. The highest BCUT2D eigenvalue weighted by atomic mass is 16.5. The molecule has 1 aromatic carbocycles. The van der Waals surface area contributed by atoms with Crippen LogP contribution >= 0.6 is 0 Å². The van der Waals surface area contributed by atoms with E-state index in [1.165, 1.54) is 5.56 Å². The number of morpholine rings is 1. The molecule has 1 aliphatic heterocycles. The highest BCUT2D eigenvalue weighted by molar-refractivity contribution is 5.75. The van der Waals surface area contributed by atoms with Gasteiger partial charge in [0.2, 0.25) is 5.91 Å². The number of nitrogens with two attached hydrogens (primary N) is 1. The molecular weight excluding hydrogens is 462 g/mol. The first-order valence-corrected chi connectivity index (χ1v) is 13.3. The topological polar surface area (TPSA) is 116 Å². The zero-order chi connectivity index (χ0) is 26.4. The van der Waals surface area contributed by atoms with E-state index in [4.69, 9.17) is 29.8 Å². The molecule has 2 rings (SSSR count). The number of carbonyl (C=O) groups is 1. The van der Waals surface area contributed by atoms with E-state index in [-0.39, 0.29) is 18.6 Å². The maximum absolute atomic E-state index is 12.0. The van der Waals surface area contributed by atoms with Crippen molar-refractivity contribution in [2.75, 3.05) is 72.9 Å². The van der Waals surface area contributed by atoms with Crippen LogP contribution in [0.15, 0.2) is 18.2 Å². The second-order valence-electron chi connectivity index (χ2n) is 8.78. The monoisotopic (exact) mass is 511 g/mol. The summed E-state index contributed by atoms with van der Waals surface area (Å²) < 4.78 is 22.2. The molecule has 9 nitrogen and oxygen atoms in total. The number of aliphatic hydroxyl groups excluding tert-OH is 1. The quantitative estimate of drug-likeness (QED) is 0.273. The molecule has 0 aliphatic carbocycles. The minimum Gasteiger partial charge on any atom is -0.493 e. The largest absolute Gasteiger partial charge is 0.493 e. The van der Waals surface area contributed by atoms with Crippen molar-refractivity contribution in [3.63, 3.8) is 0 Å². The zero-order valence-electron chi connectivity index (χ0n) is 22.6. The van der Waals surface area contributed by atoms with Gasteiger partial charge in [-0.15, -0.1) is 0 Å². The number of nitrogens with one attached hydrogen (secondary N) is 1. The minimum atomic E-state index is -0.0779. The Morgan fingerprint density at radius 1 is 1.22 bits per heavy atom. The number of ether oxygens (including phenoxy) is 4. The Hall–Kier alpha value is -1.75. The van der Waals surface area contributed by atoms with Gasteiger partial charge in [-0.2, -0.15) is 0 Å². The van der Waals surface area contributed by atoms with Crippen LogP contribution in [-0.2, 0) is 32.0 Å². The number of aliphatic hydroxyl groups is 1. The van der Waals surface area contributed by atoms with Gasteiger partial charge in [0, 0.05) is 65.4 Å². The predicted molar refractivity (Wildman–Crippen MR) is 142 cm³/mol. The Labute approximate surface area is 217 Å². The number of nitrogens with zero attached hydrogens (tertiary/aromatic N) is 1. The Morgan fingerprint density at radius 3 is 2.67 bits per heavy atom. The highest BCUT2D eigenvalue weighted by Gasteiger charge is 2.11. The number of aryl methyl sites for hydroxylation is 1. The number of hydrogen-bond donors (Lipinski definition) is 3. The Bertz CT molecular complexity index is 685. The fraction of sp³-hybridized carbons (Fsp3) is 0.741. The lowest BCUT2D eigenvalue weighted by atomic mass is 10.1. The minimum absolute atomic E-state index is 0.0779. The van der Waals surface area contributed by atoms with Crippen molar-refractivity contribution >= 4 is 5.91 Å². The Morgan fingerprint density at radius 2 is 1.97 bits per heavy atom. The number of amides is 1. The maximum atomic E-state index is 12.0. The Kier molecular flexibility index (Phi) is 19.1. The predicted octanol–water partition coefficient (Wildman–Crippen LogP) is 2.13. The van der Waals surface area contributed by atoms with E-state index in [0.29, 0.717) is 39.4 Å². The van der Waals surface area contributed by atoms with E-state index in [2.05, 4.69) is 35.3 Å². The molecule has 1 aromatic rings. The molecule has 0 saturated carbocycles. The molecule has 4 N–H and O–H groups in total. The van der Waals surface area contributed by atoms with Crippen molar-refractivity contribution in [2.45, 2.75) is 58.6 Å². The van der Waals surface area contributed by atoms with Crippen molar-refractivity contribution < 1.29 is 28.8 Å². The number of benzene rings is 1. The smallest absolute Gasteiger partial charge is 0.220 e. The van der Waals surface area contributed by atoms with Gasteiger partial charge in [-0.1, -0.05) is 19.1 Å². The molecule has 1 heterocycles. The van der Waals surface area contributed by atoms with Gasteiger partial charge in [0.15, 0.2) is 0 Å². The summed E-state index contributed by atoms with van der Waals surface area (Å²) in [6.45, 7) is 11.3. The SMILES string of the molecule is CCO.CCc1ccc(COCC(N)CCCC(=O)NCCN2CCOCC2)cc1OCCCOC. The fourth-order valence-electron chi connectivity index (χ4n) is 3.70. The van der Waals surface area contributed by atoms with Crippen molar-refractivity contribution in [3.05, 3.63) is 29.3 Å². The van der Waals surface area contributed by atoms with Crippen LogP contribution in [0.2, 0.25) is 0 Å². The summed E-state index contributed by atoms with van der Waals surface area (Å²) in [5.74, 6) is 1.00. The maximum Gasteiger partial charge on any atom is 0.220 e. The molecule has 0 aromatic heterocycles. The van der Waals surface area contributed by atoms with E-state index in [9.17, 15) is 4.79 Å². The molecule has 1 fully saturated rings. The van der Waals surface area contributed by atoms with E-state index in [1.807, 2.05) is 0 Å². The lowest BCUT2D eigenvalue weighted by Gasteiger charge is -2.26. The third-order valence-electron chi connectivity index (χ3n) is 5.70. The summed E-state index contributed by atoms with van der Waals surface area (Å²) in [5, 5.41) is 10.6.